The first-order valence-corrected chi connectivity index (χ1v) is 11.8. The number of carbonyl (C=O) groups excluding carboxylic acids is 1. The van der Waals surface area contributed by atoms with Crippen LogP contribution in [-0.4, -0.2) is 58.7 Å². The molecular weight excluding hydrogens is 438 g/mol. The summed E-state index contributed by atoms with van der Waals surface area (Å²) in [4.78, 5) is 16.7. The number of hydrogen-bond donors (Lipinski definition) is 1. The number of amides is 1. The van der Waals surface area contributed by atoms with E-state index in [4.69, 9.17) is 16.3 Å². The number of methoxy groups -OCH3 is 1. The summed E-state index contributed by atoms with van der Waals surface area (Å²) in [5.41, 5.74) is 4.32. The molecule has 5 rings (SSSR count). The van der Waals surface area contributed by atoms with Gasteiger partial charge in [-0.25, -0.2) is 0 Å². The maximum Gasteiger partial charge on any atom is 0.222 e. The Morgan fingerprint density at radius 1 is 1.21 bits per heavy atom. The van der Waals surface area contributed by atoms with Crippen LogP contribution in [0.1, 0.15) is 36.2 Å². The van der Waals surface area contributed by atoms with E-state index in [0.29, 0.717) is 26.1 Å². The lowest BCUT2D eigenvalue weighted by atomic mass is 9.68. The van der Waals surface area contributed by atoms with E-state index in [2.05, 4.69) is 28.6 Å². The molecule has 1 saturated heterocycles. The highest BCUT2D eigenvalue weighted by molar-refractivity contribution is 6.31. The Morgan fingerprint density at radius 3 is 2.64 bits per heavy atom. The number of aromatic nitrogens is 1. The van der Waals surface area contributed by atoms with Crippen LogP contribution in [0.4, 0.5) is 0 Å². The Morgan fingerprint density at radius 2 is 1.97 bits per heavy atom. The van der Waals surface area contributed by atoms with Crippen molar-refractivity contribution < 1.29 is 14.6 Å². The Bertz CT molecular complexity index is 1210. The molecule has 2 aromatic carbocycles. The second kappa shape index (κ2) is 8.35. The summed E-state index contributed by atoms with van der Waals surface area (Å²) in [5, 5.41) is 12.5. The van der Waals surface area contributed by atoms with Gasteiger partial charge in [-0.1, -0.05) is 36.7 Å². The first kappa shape index (κ1) is 22.3. The molecule has 0 saturated carbocycles. The van der Waals surface area contributed by atoms with Gasteiger partial charge in [0.05, 0.1) is 25.3 Å². The van der Waals surface area contributed by atoms with Gasteiger partial charge in [0.15, 0.2) is 0 Å². The van der Waals surface area contributed by atoms with Crippen molar-refractivity contribution in [3.8, 4) is 5.75 Å². The van der Waals surface area contributed by atoms with Gasteiger partial charge in [-0.3, -0.25) is 9.69 Å². The number of aliphatic hydroxyl groups is 1. The molecule has 0 radical (unpaired) electrons. The van der Waals surface area contributed by atoms with Crippen molar-refractivity contribution in [1.29, 1.82) is 0 Å². The number of rotatable bonds is 5. The second-order valence-electron chi connectivity index (χ2n) is 9.28. The molecule has 7 heteroatoms. The number of nitrogens with zero attached hydrogens (tertiary/aromatic N) is 3. The highest BCUT2D eigenvalue weighted by Crippen LogP contribution is 2.50. The quantitative estimate of drug-likeness (QED) is 0.618. The van der Waals surface area contributed by atoms with E-state index in [9.17, 15) is 9.90 Å². The van der Waals surface area contributed by atoms with Gasteiger partial charge in [0, 0.05) is 67.2 Å². The molecule has 1 fully saturated rings. The minimum absolute atomic E-state index is 0.00638. The largest absolute Gasteiger partial charge is 0.497 e. The third-order valence-corrected chi connectivity index (χ3v) is 7.76. The van der Waals surface area contributed by atoms with Crippen LogP contribution in [0.25, 0.3) is 10.9 Å². The van der Waals surface area contributed by atoms with Crippen molar-refractivity contribution in [2.45, 2.75) is 31.3 Å². The van der Waals surface area contributed by atoms with Crippen molar-refractivity contribution in [1.82, 2.24) is 14.4 Å². The molecule has 0 aliphatic carbocycles. The van der Waals surface area contributed by atoms with Crippen LogP contribution in [0.15, 0.2) is 42.5 Å². The van der Waals surface area contributed by atoms with Gasteiger partial charge in [0.2, 0.25) is 5.91 Å². The second-order valence-corrected chi connectivity index (χ2v) is 9.69. The van der Waals surface area contributed by atoms with Gasteiger partial charge in [-0.2, -0.15) is 0 Å². The van der Waals surface area contributed by atoms with Crippen LogP contribution in [0.3, 0.4) is 0 Å². The summed E-state index contributed by atoms with van der Waals surface area (Å²) in [6.45, 7) is 4.69. The van der Waals surface area contributed by atoms with Crippen LogP contribution in [-0.2, 0) is 23.8 Å². The maximum absolute atomic E-state index is 12.5. The van der Waals surface area contributed by atoms with Crippen LogP contribution < -0.4 is 4.74 Å². The predicted molar refractivity (Wildman–Crippen MR) is 130 cm³/mol. The van der Waals surface area contributed by atoms with Gasteiger partial charge >= 0.3 is 0 Å². The number of ether oxygens (including phenoxy) is 1. The average molecular weight is 468 g/mol. The number of fused-ring (bicyclic) bond motifs is 4. The summed E-state index contributed by atoms with van der Waals surface area (Å²) in [6, 6.07) is 13.9. The minimum atomic E-state index is -0.179. The topological polar surface area (TPSA) is 57.9 Å². The van der Waals surface area contributed by atoms with Crippen LogP contribution in [0.5, 0.6) is 5.75 Å². The Balaban J connectivity index is 1.65. The lowest BCUT2D eigenvalue weighted by Gasteiger charge is -2.56. The number of aryl methyl sites for hydroxylation is 1. The monoisotopic (exact) mass is 467 g/mol. The van der Waals surface area contributed by atoms with E-state index in [0.717, 1.165) is 34.1 Å². The molecule has 3 aromatic rings. The van der Waals surface area contributed by atoms with E-state index < -0.39 is 0 Å². The highest BCUT2D eigenvalue weighted by atomic mass is 35.5. The summed E-state index contributed by atoms with van der Waals surface area (Å²) in [7, 11) is 3.73. The van der Waals surface area contributed by atoms with Crippen LogP contribution in [0, 0.1) is 0 Å². The van der Waals surface area contributed by atoms with E-state index in [1.165, 1.54) is 10.9 Å². The number of aliphatic hydroxyl groups excluding tert-OH is 1. The number of likely N-dealkylation sites (tertiary alicyclic amines) is 1. The molecule has 174 valence electrons. The van der Waals surface area contributed by atoms with Gasteiger partial charge in [0.1, 0.15) is 5.75 Å². The molecule has 1 atom stereocenters. The first-order chi connectivity index (χ1) is 15.9. The molecule has 2 aliphatic rings. The minimum Gasteiger partial charge on any atom is -0.497 e. The molecule has 1 spiro atoms. The molecule has 2 aliphatic heterocycles. The Labute approximate surface area is 199 Å². The SMILES string of the molecule is CCC(=O)N1CC2(C1)CN(Cc1ccccc1Cl)[C@H](CO)c1c2c2ccc(OC)cc2n1C. The lowest BCUT2D eigenvalue weighted by Crippen LogP contribution is -2.67. The van der Waals surface area contributed by atoms with E-state index >= 15 is 0 Å². The molecule has 1 amide bonds. The summed E-state index contributed by atoms with van der Waals surface area (Å²) in [6.07, 6.45) is 0.512. The molecule has 33 heavy (non-hydrogen) atoms. The molecule has 3 heterocycles. The standard InChI is InChI=1S/C26H30ClN3O3/c1-4-23(32)30-15-26(16-30)14-29(12-17-7-5-6-8-20(17)27)22(13-31)25-24(26)19-10-9-18(33-3)11-21(19)28(25)2/h5-11,22,31H,4,12-16H2,1-3H3/t22-/m1/s1. The molecule has 1 aromatic heterocycles. The summed E-state index contributed by atoms with van der Waals surface area (Å²) >= 11 is 6.50. The Kier molecular flexibility index (Phi) is 5.63. The fourth-order valence-corrected chi connectivity index (χ4v) is 6.01. The van der Waals surface area contributed by atoms with Gasteiger partial charge < -0.3 is 19.3 Å². The molecule has 1 N–H and O–H groups in total. The number of benzene rings is 2. The average Bonchev–Trinajstić information content (AvgIpc) is 3.10. The third-order valence-electron chi connectivity index (χ3n) is 7.39. The fraction of sp³-hybridized carbons (Fsp3) is 0.423. The van der Waals surface area contributed by atoms with E-state index in [1.807, 2.05) is 42.2 Å². The number of hydrogen-bond acceptors (Lipinski definition) is 4. The van der Waals surface area contributed by atoms with Crippen molar-refractivity contribution in [3.63, 3.8) is 0 Å². The van der Waals surface area contributed by atoms with Gasteiger partial charge in [0.25, 0.3) is 0 Å². The molecule has 0 bridgehead atoms. The van der Waals surface area contributed by atoms with E-state index in [1.54, 1.807) is 7.11 Å². The zero-order chi connectivity index (χ0) is 23.3. The number of halogens is 1. The molecule has 0 unspecified atom stereocenters. The smallest absolute Gasteiger partial charge is 0.222 e. The maximum atomic E-state index is 12.5. The van der Waals surface area contributed by atoms with Crippen molar-refractivity contribution in [2.24, 2.45) is 7.05 Å². The fourth-order valence-electron chi connectivity index (χ4n) is 5.82. The molecular formula is C26H30ClN3O3. The Hall–Kier alpha value is -2.54. The van der Waals surface area contributed by atoms with Gasteiger partial charge in [-0.15, -0.1) is 0 Å². The highest BCUT2D eigenvalue weighted by Gasteiger charge is 2.54. The van der Waals surface area contributed by atoms with Crippen LogP contribution >= 0.6 is 11.6 Å². The molecule has 6 nitrogen and oxygen atoms in total. The number of carbonyl (C=O) groups is 1. The normalized spacial score (nSPS) is 19.5. The first-order valence-electron chi connectivity index (χ1n) is 11.5. The van der Waals surface area contributed by atoms with Crippen LogP contribution in [0.2, 0.25) is 5.02 Å². The summed E-state index contributed by atoms with van der Waals surface area (Å²) < 4.78 is 7.68. The van der Waals surface area contributed by atoms with Crippen molar-refractivity contribution in [3.05, 3.63) is 64.3 Å². The van der Waals surface area contributed by atoms with Crippen molar-refractivity contribution in [2.75, 3.05) is 33.4 Å². The lowest BCUT2D eigenvalue weighted by molar-refractivity contribution is -0.140. The zero-order valence-electron chi connectivity index (χ0n) is 19.3. The van der Waals surface area contributed by atoms with Gasteiger partial charge in [-0.05, 0) is 29.3 Å². The summed E-state index contributed by atoms with van der Waals surface area (Å²) in [5.74, 6) is 0.991. The zero-order valence-corrected chi connectivity index (χ0v) is 20.1. The van der Waals surface area contributed by atoms with Crippen molar-refractivity contribution >= 4 is 28.4 Å². The third kappa shape index (κ3) is 3.43. The van der Waals surface area contributed by atoms with E-state index in [-0.39, 0.29) is 24.0 Å². The predicted octanol–water partition coefficient (Wildman–Crippen LogP) is 3.88.